The summed E-state index contributed by atoms with van der Waals surface area (Å²) in [6.45, 7) is 4.04. The molecule has 0 spiro atoms. The van der Waals surface area contributed by atoms with Gasteiger partial charge in [0.25, 0.3) is 0 Å². The molecule has 4 nitrogen and oxygen atoms in total. The highest BCUT2D eigenvalue weighted by molar-refractivity contribution is 7.15. The quantitative estimate of drug-likeness (QED) is 0.434. The summed E-state index contributed by atoms with van der Waals surface area (Å²) in [5, 5.41) is 7.12. The number of ether oxygens (including phenoxy) is 1. The van der Waals surface area contributed by atoms with Crippen molar-refractivity contribution in [1.29, 1.82) is 0 Å². The summed E-state index contributed by atoms with van der Waals surface area (Å²) in [7, 11) is 0. The summed E-state index contributed by atoms with van der Waals surface area (Å²) >= 11 is 2.87. The van der Waals surface area contributed by atoms with Crippen LogP contribution in [0.2, 0.25) is 0 Å². The molecule has 1 aromatic carbocycles. The van der Waals surface area contributed by atoms with Gasteiger partial charge in [0.15, 0.2) is 0 Å². The van der Waals surface area contributed by atoms with Crippen LogP contribution < -0.4 is 5.32 Å². The number of hydrogen-bond acceptors (Lipinski definition) is 5. The molecule has 6 heteroatoms. The maximum Gasteiger partial charge on any atom is 0.341 e. The van der Waals surface area contributed by atoms with E-state index >= 15 is 0 Å². The first-order valence-electron chi connectivity index (χ1n) is 8.46. The number of carbonyl (C=O) groups is 2. The molecule has 0 saturated carbocycles. The fourth-order valence-corrected chi connectivity index (χ4v) is 4.08. The van der Waals surface area contributed by atoms with Crippen molar-refractivity contribution in [2.75, 3.05) is 11.9 Å². The standard InChI is InChI=1S/C21H19NO3S2/c1-3-25-21(24)19-17(15-8-6-14(2)7-9-15)13-27-20(19)22-18(23)11-10-16-5-4-12-26-16/h4-13H,3H2,1-2H3,(H,22,23). The highest BCUT2D eigenvalue weighted by atomic mass is 32.1. The Kier molecular flexibility index (Phi) is 6.21. The maximum absolute atomic E-state index is 12.5. The molecule has 0 atom stereocenters. The van der Waals surface area contributed by atoms with Gasteiger partial charge in [0.1, 0.15) is 10.6 Å². The Morgan fingerprint density at radius 2 is 1.93 bits per heavy atom. The van der Waals surface area contributed by atoms with E-state index in [1.807, 2.05) is 54.1 Å². The van der Waals surface area contributed by atoms with Gasteiger partial charge >= 0.3 is 5.97 Å². The van der Waals surface area contributed by atoms with Crippen LogP contribution in [0.5, 0.6) is 0 Å². The fourth-order valence-electron chi connectivity index (χ4n) is 2.50. The van der Waals surface area contributed by atoms with E-state index in [4.69, 9.17) is 4.74 Å². The molecule has 1 amide bonds. The number of nitrogens with one attached hydrogen (secondary N) is 1. The van der Waals surface area contributed by atoms with Gasteiger partial charge in [0, 0.05) is 21.9 Å². The average Bonchev–Trinajstić information content (AvgIpc) is 3.31. The molecule has 0 aliphatic carbocycles. The van der Waals surface area contributed by atoms with Crippen molar-refractivity contribution < 1.29 is 14.3 Å². The number of aryl methyl sites for hydroxylation is 1. The Balaban J connectivity index is 1.89. The number of carbonyl (C=O) groups excluding carboxylic acids is 2. The van der Waals surface area contributed by atoms with E-state index in [9.17, 15) is 9.59 Å². The lowest BCUT2D eigenvalue weighted by Crippen LogP contribution is -2.12. The monoisotopic (exact) mass is 397 g/mol. The lowest BCUT2D eigenvalue weighted by atomic mass is 10.0. The summed E-state index contributed by atoms with van der Waals surface area (Å²) in [6.07, 6.45) is 3.21. The first kappa shape index (κ1) is 19.1. The largest absolute Gasteiger partial charge is 0.462 e. The first-order valence-corrected chi connectivity index (χ1v) is 10.2. The van der Waals surface area contributed by atoms with Gasteiger partial charge in [-0.2, -0.15) is 0 Å². The van der Waals surface area contributed by atoms with Crippen molar-refractivity contribution >= 4 is 45.6 Å². The smallest absolute Gasteiger partial charge is 0.341 e. The molecule has 0 aliphatic rings. The van der Waals surface area contributed by atoms with Crippen LogP contribution in [0, 0.1) is 6.92 Å². The molecule has 2 aromatic heterocycles. The second kappa shape index (κ2) is 8.79. The zero-order valence-corrected chi connectivity index (χ0v) is 16.7. The predicted octanol–water partition coefficient (Wildman–Crippen LogP) is 5.61. The number of amides is 1. The molecule has 0 saturated heterocycles. The van der Waals surface area contributed by atoms with E-state index in [-0.39, 0.29) is 12.5 Å². The molecule has 2 heterocycles. The topological polar surface area (TPSA) is 55.4 Å². The lowest BCUT2D eigenvalue weighted by Gasteiger charge is -2.08. The van der Waals surface area contributed by atoms with E-state index in [1.54, 1.807) is 24.3 Å². The average molecular weight is 398 g/mol. The minimum atomic E-state index is -0.438. The normalized spacial score (nSPS) is 10.9. The third-order valence-electron chi connectivity index (χ3n) is 3.81. The minimum absolute atomic E-state index is 0.272. The van der Waals surface area contributed by atoms with Crippen molar-refractivity contribution in [3.63, 3.8) is 0 Å². The second-order valence-electron chi connectivity index (χ2n) is 5.78. The van der Waals surface area contributed by atoms with Gasteiger partial charge in [0.05, 0.1) is 6.61 Å². The van der Waals surface area contributed by atoms with Crippen molar-refractivity contribution in [3.8, 4) is 11.1 Å². The van der Waals surface area contributed by atoms with Crippen molar-refractivity contribution in [2.45, 2.75) is 13.8 Å². The summed E-state index contributed by atoms with van der Waals surface area (Å²) in [5.41, 5.74) is 3.20. The summed E-state index contributed by atoms with van der Waals surface area (Å²) < 4.78 is 5.21. The van der Waals surface area contributed by atoms with Crippen molar-refractivity contribution in [2.24, 2.45) is 0 Å². The van der Waals surface area contributed by atoms with E-state index in [0.29, 0.717) is 10.6 Å². The number of anilines is 1. The number of thiophene rings is 2. The Morgan fingerprint density at radius 1 is 1.15 bits per heavy atom. The Hall–Kier alpha value is -2.70. The maximum atomic E-state index is 12.5. The Bertz CT molecular complexity index is 954. The van der Waals surface area contributed by atoms with E-state index in [2.05, 4.69) is 5.32 Å². The van der Waals surface area contributed by atoms with Crippen LogP contribution >= 0.6 is 22.7 Å². The summed E-state index contributed by atoms with van der Waals surface area (Å²) in [5.74, 6) is -0.724. The molecule has 138 valence electrons. The zero-order chi connectivity index (χ0) is 19.2. The molecule has 0 fully saturated rings. The molecule has 3 rings (SSSR count). The second-order valence-corrected chi connectivity index (χ2v) is 7.64. The van der Waals surface area contributed by atoms with E-state index < -0.39 is 5.97 Å². The number of benzene rings is 1. The van der Waals surface area contributed by atoms with Crippen LogP contribution in [-0.4, -0.2) is 18.5 Å². The van der Waals surface area contributed by atoms with Gasteiger partial charge in [-0.05, 0) is 36.9 Å². The Labute approximate surface area is 166 Å². The highest BCUT2D eigenvalue weighted by Gasteiger charge is 2.22. The van der Waals surface area contributed by atoms with Gasteiger partial charge in [-0.1, -0.05) is 35.9 Å². The number of esters is 1. The van der Waals surface area contributed by atoms with Gasteiger partial charge in [-0.25, -0.2) is 4.79 Å². The van der Waals surface area contributed by atoms with Crippen LogP contribution in [0.1, 0.15) is 27.7 Å². The van der Waals surface area contributed by atoms with Crippen LogP contribution in [0.15, 0.2) is 53.2 Å². The van der Waals surface area contributed by atoms with Gasteiger partial charge < -0.3 is 10.1 Å². The summed E-state index contributed by atoms with van der Waals surface area (Å²) in [6, 6.07) is 11.8. The predicted molar refractivity (Wildman–Crippen MR) is 112 cm³/mol. The van der Waals surface area contributed by atoms with Crippen LogP contribution in [0.4, 0.5) is 5.00 Å². The molecule has 0 bridgehead atoms. The fraction of sp³-hybridized carbons (Fsp3) is 0.143. The molecule has 3 aromatic rings. The van der Waals surface area contributed by atoms with Gasteiger partial charge in [-0.3, -0.25) is 4.79 Å². The van der Waals surface area contributed by atoms with E-state index in [0.717, 1.165) is 21.6 Å². The Morgan fingerprint density at radius 3 is 2.59 bits per heavy atom. The molecule has 27 heavy (non-hydrogen) atoms. The van der Waals surface area contributed by atoms with Gasteiger partial charge in [0.2, 0.25) is 5.91 Å². The lowest BCUT2D eigenvalue weighted by molar-refractivity contribution is -0.111. The SMILES string of the molecule is CCOC(=O)c1c(-c2ccc(C)cc2)csc1NC(=O)C=Cc1cccs1. The van der Waals surface area contributed by atoms with Gasteiger partial charge in [-0.15, -0.1) is 22.7 Å². The van der Waals surface area contributed by atoms with Crippen LogP contribution in [0.25, 0.3) is 17.2 Å². The third kappa shape index (κ3) is 4.72. The number of rotatable bonds is 6. The number of hydrogen-bond donors (Lipinski definition) is 1. The molecule has 0 aliphatic heterocycles. The minimum Gasteiger partial charge on any atom is -0.462 e. The first-order chi connectivity index (χ1) is 13.1. The summed E-state index contributed by atoms with van der Waals surface area (Å²) in [4.78, 5) is 25.8. The van der Waals surface area contributed by atoms with Crippen molar-refractivity contribution in [3.05, 3.63) is 69.2 Å². The van der Waals surface area contributed by atoms with Crippen molar-refractivity contribution in [1.82, 2.24) is 0 Å². The molecular formula is C21H19NO3S2. The van der Waals surface area contributed by atoms with Crippen LogP contribution in [0.3, 0.4) is 0 Å². The zero-order valence-electron chi connectivity index (χ0n) is 15.0. The highest BCUT2D eigenvalue weighted by Crippen LogP contribution is 2.36. The molecule has 0 unspecified atom stereocenters. The molecule has 1 N–H and O–H groups in total. The molecular weight excluding hydrogens is 378 g/mol. The van der Waals surface area contributed by atoms with E-state index in [1.165, 1.54) is 17.4 Å². The van der Waals surface area contributed by atoms with Crippen LogP contribution in [-0.2, 0) is 9.53 Å². The molecule has 0 radical (unpaired) electrons. The third-order valence-corrected chi connectivity index (χ3v) is 5.55.